The van der Waals surface area contributed by atoms with Crippen LogP contribution in [0.4, 0.5) is 4.39 Å². The smallest absolute Gasteiger partial charge is 0.191 e. The molecule has 1 aliphatic heterocycles. The molecule has 2 aromatic heterocycles. The predicted molar refractivity (Wildman–Crippen MR) is 127 cm³/mol. The van der Waals surface area contributed by atoms with Gasteiger partial charge in [-0.3, -0.25) is 4.57 Å². The monoisotopic (exact) mass is 486 g/mol. The molecule has 5 rings (SSSR count). The van der Waals surface area contributed by atoms with E-state index in [9.17, 15) is 4.39 Å². The molecule has 0 amide bonds. The predicted octanol–water partition coefficient (Wildman–Crippen LogP) is 6.33. The summed E-state index contributed by atoms with van der Waals surface area (Å²) >= 11 is 9.20. The number of ether oxygens (including phenoxy) is 1. The third-order valence-corrected chi connectivity index (χ3v) is 7.41. The Balaban J connectivity index is 1.36. The van der Waals surface area contributed by atoms with Crippen LogP contribution < -0.4 is 0 Å². The first kappa shape index (κ1) is 21.6. The van der Waals surface area contributed by atoms with Gasteiger partial charge in [-0.25, -0.2) is 9.37 Å². The van der Waals surface area contributed by atoms with Crippen molar-refractivity contribution in [2.24, 2.45) is 0 Å². The molecule has 9 heteroatoms. The molecule has 2 aromatic carbocycles. The van der Waals surface area contributed by atoms with Gasteiger partial charge < -0.3 is 4.74 Å². The van der Waals surface area contributed by atoms with E-state index in [2.05, 4.69) is 20.1 Å². The van der Waals surface area contributed by atoms with Crippen LogP contribution in [-0.4, -0.2) is 32.5 Å². The summed E-state index contributed by atoms with van der Waals surface area (Å²) in [6.07, 6.45) is 2.22. The molecule has 32 heavy (non-hydrogen) atoms. The van der Waals surface area contributed by atoms with Crippen molar-refractivity contribution < 1.29 is 9.13 Å². The fraction of sp³-hybridized carbons (Fsp3) is 0.261. The summed E-state index contributed by atoms with van der Waals surface area (Å²) in [5.74, 6) is 1.13. The minimum absolute atomic E-state index is 0.139. The van der Waals surface area contributed by atoms with Crippen LogP contribution >= 0.6 is 34.7 Å². The van der Waals surface area contributed by atoms with E-state index in [0.29, 0.717) is 17.3 Å². The van der Waals surface area contributed by atoms with Gasteiger partial charge >= 0.3 is 0 Å². The second-order valence-corrected chi connectivity index (χ2v) is 9.74. The quantitative estimate of drug-likeness (QED) is 0.285. The molecule has 0 N–H and O–H groups in total. The zero-order chi connectivity index (χ0) is 21.9. The molecule has 5 nitrogen and oxygen atoms in total. The van der Waals surface area contributed by atoms with Crippen LogP contribution in [0, 0.1) is 5.82 Å². The van der Waals surface area contributed by atoms with Gasteiger partial charge in [0.05, 0.1) is 18.3 Å². The van der Waals surface area contributed by atoms with Crippen molar-refractivity contribution in [3.05, 3.63) is 70.4 Å². The second kappa shape index (κ2) is 9.70. The average Bonchev–Trinajstić information content (AvgIpc) is 3.56. The Hall–Kier alpha value is -2.26. The molecule has 1 aliphatic rings. The second-order valence-electron chi connectivity index (χ2n) is 7.50. The Bertz CT molecular complexity index is 1190. The number of halogens is 2. The molecule has 0 radical (unpaired) electrons. The summed E-state index contributed by atoms with van der Waals surface area (Å²) in [6.45, 7) is 1.46. The zero-order valence-corrected chi connectivity index (χ0v) is 19.5. The molecule has 4 aromatic rings. The first-order valence-electron chi connectivity index (χ1n) is 10.3. The highest BCUT2D eigenvalue weighted by molar-refractivity contribution is 7.98. The summed E-state index contributed by atoms with van der Waals surface area (Å²) in [7, 11) is 0. The summed E-state index contributed by atoms with van der Waals surface area (Å²) in [5, 5.41) is 13.4. The average molecular weight is 487 g/mol. The van der Waals surface area contributed by atoms with Gasteiger partial charge in [0, 0.05) is 33.9 Å². The minimum Gasteiger partial charge on any atom is -0.376 e. The van der Waals surface area contributed by atoms with E-state index in [1.807, 2.05) is 24.3 Å². The van der Waals surface area contributed by atoms with Gasteiger partial charge in [0.1, 0.15) is 10.8 Å². The van der Waals surface area contributed by atoms with Crippen LogP contribution in [0.25, 0.3) is 22.0 Å². The lowest BCUT2D eigenvalue weighted by Gasteiger charge is -2.14. The molecular formula is C23H20ClFN4OS2. The van der Waals surface area contributed by atoms with Gasteiger partial charge in [-0.05, 0) is 49.2 Å². The number of thiazole rings is 1. The van der Waals surface area contributed by atoms with Gasteiger partial charge in [-0.2, -0.15) is 0 Å². The number of nitrogens with zero attached hydrogens (tertiary/aromatic N) is 4. The first-order chi connectivity index (χ1) is 15.7. The van der Waals surface area contributed by atoms with Gasteiger partial charge in [-0.15, -0.1) is 21.5 Å². The van der Waals surface area contributed by atoms with Crippen LogP contribution in [0.3, 0.4) is 0 Å². The maximum atomic E-state index is 13.4. The van der Waals surface area contributed by atoms with Crippen molar-refractivity contribution in [2.45, 2.75) is 36.4 Å². The largest absolute Gasteiger partial charge is 0.376 e. The number of hydrogen-bond donors (Lipinski definition) is 0. The summed E-state index contributed by atoms with van der Waals surface area (Å²) < 4.78 is 21.3. The maximum absolute atomic E-state index is 13.4. The molecule has 3 heterocycles. The van der Waals surface area contributed by atoms with E-state index in [-0.39, 0.29) is 11.9 Å². The van der Waals surface area contributed by atoms with Crippen molar-refractivity contribution >= 4 is 34.7 Å². The summed E-state index contributed by atoms with van der Waals surface area (Å²) in [5.41, 5.74) is 2.87. The van der Waals surface area contributed by atoms with Gasteiger partial charge in [-0.1, -0.05) is 35.5 Å². The Kier molecular flexibility index (Phi) is 6.54. The number of benzene rings is 2. The highest BCUT2D eigenvalue weighted by atomic mass is 35.5. The molecule has 0 saturated carbocycles. The molecule has 164 valence electrons. The van der Waals surface area contributed by atoms with E-state index in [0.717, 1.165) is 52.3 Å². The molecule has 0 aliphatic carbocycles. The van der Waals surface area contributed by atoms with E-state index in [1.165, 1.54) is 12.1 Å². The fourth-order valence-corrected chi connectivity index (χ4v) is 5.50. The highest BCUT2D eigenvalue weighted by Gasteiger charge is 2.22. The minimum atomic E-state index is -0.270. The molecular weight excluding hydrogens is 467 g/mol. The van der Waals surface area contributed by atoms with Crippen LogP contribution in [0.2, 0.25) is 5.02 Å². The molecule has 1 saturated heterocycles. The van der Waals surface area contributed by atoms with Crippen molar-refractivity contribution in [3.63, 3.8) is 0 Å². The van der Waals surface area contributed by atoms with Gasteiger partial charge in [0.2, 0.25) is 0 Å². The third kappa shape index (κ3) is 4.88. The molecule has 0 unspecified atom stereocenters. The third-order valence-electron chi connectivity index (χ3n) is 5.22. The Morgan fingerprint density at radius 1 is 1.09 bits per heavy atom. The lowest BCUT2D eigenvalue weighted by molar-refractivity contribution is 0.0953. The van der Waals surface area contributed by atoms with E-state index in [1.54, 1.807) is 35.2 Å². The van der Waals surface area contributed by atoms with Gasteiger partial charge in [0.15, 0.2) is 11.0 Å². The highest BCUT2D eigenvalue weighted by Crippen LogP contribution is 2.31. The number of hydrogen-bond acceptors (Lipinski definition) is 6. The standard InChI is InChI=1S/C23H20ClFN4OS2/c24-17-7-3-16(4-8-17)22-26-19(13-31-22)14-32-23-28-27-21(15-5-9-18(25)10-6-15)29(23)12-20-2-1-11-30-20/h3-10,13,20H,1-2,11-12,14H2/t20-/m0/s1. The van der Waals surface area contributed by atoms with E-state index in [4.69, 9.17) is 21.3 Å². The topological polar surface area (TPSA) is 52.8 Å². The zero-order valence-electron chi connectivity index (χ0n) is 17.1. The Morgan fingerprint density at radius 3 is 2.62 bits per heavy atom. The molecule has 1 atom stereocenters. The SMILES string of the molecule is Fc1ccc(-c2nnc(SCc3csc(-c4ccc(Cl)cc4)n3)n2C[C@@H]2CCCO2)cc1. The number of rotatable bonds is 7. The lowest BCUT2D eigenvalue weighted by Crippen LogP contribution is -2.16. The maximum Gasteiger partial charge on any atom is 0.191 e. The van der Waals surface area contributed by atoms with Crippen LogP contribution in [0.5, 0.6) is 0 Å². The molecule has 1 fully saturated rings. The first-order valence-corrected chi connectivity index (χ1v) is 12.5. The van der Waals surface area contributed by atoms with Crippen LogP contribution in [0.15, 0.2) is 59.1 Å². The van der Waals surface area contributed by atoms with E-state index >= 15 is 0 Å². The van der Waals surface area contributed by atoms with Crippen molar-refractivity contribution in [2.75, 3.05) is 6.61 Å². The summed E-state index contributed by atoms with van der Waals surface area (Å²) in [6, 6.07) is 14.1. The van der Waals surface area contributed by atoms with Crippen molar-refractivity contribution in [3.8, 4) is 22.0 Å². The van der Waals surface area contributed by atoms with Crippen molar-refractivity contribution in [1.29, 1.82) is 0 Å². The molecule has 0 bridgehead atoms. The number of thioether (sulfide) groups is 1. The normalized spacial score (nSPS) is 16.0. The molecule has 0 spiro atoms. The number of aromatic nitrogens is 4. The van der Waals surface area contributed by atoms with Crippen LogP contribution in [-0.2, 0) is 17.0 Å². The van der Waals surface area contributed by atoms with E-state index < -0.39 is 0 Å². The lowest BCUT2D eigenvalue weighted by atomic mass is 10.2. The summed E-state index contributed by atoms with van der Waals surface area (Å²) in [4.78, 5) is 4.76. The Morgan fingerprint density at radius 2 is 1.88 bits per heavy atom. The Labute approximate surface area is 198 Å². The van der Waals surface area contributed by atoms with Crippen LogP contribution in [0.1, 0.15) is 18.5 Å². The fourth-order valence-electron chi connectivity index (χ4n) is 3.60. The van der Waals surface area contributed by atoms with Crippen molar-refractivity contribution in [1.82, 2.24) is 19.7 Å². The van der Waals surface area contributed by atoms with Gasteiger partial charge in [0.25, 0.3) is 0 Å².